The van der Waals surface area contributed by atoms with Crippen LogP contribution in [-0.4, -0.2) is 11.9 Å². The molecule has 4 heteroatoms. The van der Waals surface area contributed by atoms with Gasteiger partial charge in [-0.3, -0.25) is 4.79 Å². The van der Waals surface area contributed by atoms with Crippen LogP contribution in [0.1, 0.15) is 43.0 Å². The van der Waals surface area contributed by atoms with Crippen molar-refractivity contribution < 1.29 is 9.18 Å². The Morgan fingerprint density at radius 1 is 1.40 bits per heavy atom. The highest BCUT2D eigenvalue weighted by Gasteiger charge is 2.42. The zero-order valence-corrected chi connectivity index (χ0v) is 12.3. The SMILES string of the molecule is CC(NC(=O)c1c(F)cccc1Cl)C1CC2CCC1C2. The summed E-state index contributed by atoms with van der Waals surface area (Å²) in [4.78, 5) is 12.2. The van der Waals surface area contributed by atoms with E-state index in [9.17, 15) is 9.18 Å². The second-order valence-corrected chi connectivity index (χ2v) is 6.60. The molecule has 2 nitrogen and oxygen atoms in total. The quantitative estimate of drug-likeness (QED) is 0.896. The van der Waals surface area contributed by atoms with Gasteiger partial charge in [-0.05, 0) is 56.1 Å². The zero-order valence-electron chi connectivity index (χ0n) is 11.5. The average Bonchev–Trinajstić information content (AvgIpc) is 3.00. The number of amides is 1. The molecule has 4 atom stereocenters. The van der Waals surface area contributed by atoms with E-state index < -0.39 is 11.7 Å². The Bertz CT molecular complexity index is 513. The van der Waals surface area contributed by atoms with Gasteiger partial charge < -0.3 is 5.32 Å². The Balaban J connectivity index is 1.70. The smallest absolute Gasteiger partial charge is 0.255 e. The van der Waals surface area contributed by atoms with E-state index in [0.29, 0.717) is 5.92 Å². The third kappa shape index (κ3) is 2.44. The number of carbonyl (C=O) groups is 1. The molecule has 0 radical (unpaired) electrons. The van der Waals surface area contributed by atoms with Crippen LogP contribution < -0.4 is 5.32 Å². The van der Waals surface area contributed by atoms with Gasteiger partial charge in [0.1, 0.15) is 5.82 Å². The van der Waals surface area contributed by atoms with Crippen molar-refractivity contribution in [3.8, 4) is 0 Å². The summed E-state index contributed by atoms with van der Waals surface area (Å²) in [7, 11) is 0. The maximum atomic E-state index is 13.7. The third-order valence-corrected chi connectivity index (χ3v) is 5.30. The van der Waals surface area contributed by atoms with E-state index in [1.165, 1.54) is 37.8 Å². The van der Waals surface area contributed by atoms with Gasteiger partial charge in [-0.25, -0.2) is 4.39 Å². The van der Waals surface area contributed by atoms with Crippen LogP contribution in [-0.2, 0) is 0 Å². The standard InChI is InChI=1S/C16H19ClFNO/c1-9(12-8-10-5-6-11(12)7-10)19-16(20)15-13(17)3-2-4-14(15)18/h2-4,9-12H,5-8H2,1H3,(H,19,20). The Morgan fingerprint density at radius 2 is 2.20 bits per heavy atom. The molecule has 0 aromatic heterocycles. The summed E-state index contributed by atoms with van der Waals surface area (Å²) in [5, 5.41) is 3.11. The van der Waals surface area contributed by atoms with E-state index in [1.54, 1.807) is 6.07 Å². The fraction of sp³-hybridized carbons (Fsp3) is 0.562. The van der Waals surface area contributed by atoms with Gasteiger partial charge in [-0.1, -0.05) is 24.1 Å². The van der Waals surface area contributed by atoms with Gasteiger partial charge in [0, 0.05) is 6.04 Å². The van der Waals surface area contributed by atoms with Crippen LogP contribution in [0.3, 0.4) is 0 Å². The number of halogens is 2. The third-order valence-electron chi connectivity index (χ3n) is 4.98. The molecule has 20 heavy (non-hydrogen) atoms. The van der Waals surface area contributed by atoms with Crippen molar-refractivity contribution in [2.45, 2.75) is 38.6 Å². The molecule has 1 N–H and O–H groups in total. The summed E-state index contributed by atoms with van der Waals surface area (Å²) in [6.07, 6.45) is 5.10. The number of fused-ring (bicyclic) bond motifs is 2. The average molecular weight is 296 g/mol. The maximum absolute atomic E-state index is 13.7. The minimum Gasteiger partial charge on any atom is -0.349 e. The Hall–Kier alpha value is -1.09. The first-order valence-electron chi connectivity index (χ1n) is 7.31. The van der Waals surface area contributed by atoms with E-state index in [2.05, 4.69) is 5.32 Å². The lowest BCUT2D eigenvalue weighted by atomic mass is 9.84. The number of benzene rings is 1. The van der Waals surface area contributed by atoms with E-state index >= 15 is 0 Å². The van der Waals surface area contributed by atoms with Crippen LogP contribution in [0, 0.1) is 23.6 Å². The maximum Gasteiger partial charge on any atom is 0.255 e. The van der Waals surface area contributed by atoms with Crippen LogP contribution in [0.15, 0.2) is 18.2 Å². The monoisotopic (exact) mass is 295 g/mol. The lowest BCUT2D eigenvalue weighted by molar-refractivity contribution is 0.0911. The van der Waals surface area contributed by atoms with Gasteiger partial charge in [0.2, 0.25) is 0 Å². The Labute approximate surface area is 123 Å². The molecule has 0 heterocycles. The Kier molecular flexibility index (Phi) is 3.72. The molecule has 108 valence electrons. The van der Waals surface area contributed by atoms with Crippen LogP contribution in [0.5, 0.6) is 0 Å². The first-order chi connectivity index (χ1) is 9.56. The number of hydrogen-bond donors (Lipinski definition) is 1. The normalized spacial score (nSPS) is 29.4. The van der Waals surface area contributed by atoms with E-state index in [1.807, 2.05) is 6.92 Å². The second kappa shape index (κ2) is 5.36. The summed E-state index contributed by atoms with van der Waals surface area (Å²) < 4.78 is 13.7. The minimum absolute atomic E-state index is 0.0378. The molecule has 2 saturated carbocycles. The molecule has 2 aliphatic rings. The van der Waals surface area contributed by atoms with Crippen molar-refractivity contribution in [2.75, 3.05) is 0 Å². The van der Waals surface area contributed by atoms with Crippen LogP contribution in [0.2, 0.25) is 5.02 Å². The van der Waals surface area contributed by atoms with E-state index in [-0.39, 0.29) is 16.6 Å². The number of rotatable bonds is 3. The van der Waals surface area contributed by atoms with Gasteiger partial charge in [-0.2, -0.15) is 0 Å². The first-order valence-corrected chi connectivity index (χ1v) is 7.69. The molecule has 1 amide bonds. The molecule has 0 saturated heterocycles. The predicted octanol–water partition coefficient (Wildman–Crippen LogP) is 4.03. The van der Waals surface area contributed by atoms with Gasteiger partial charge in [-0.15, -0.1) is 0 Å². The van der Waals surface area contributed by atoms with Crippen LogP contribution in [0.25, 0.3) is 0 Å². The van der Waals surface area contributed by atoms with Crippen molar-refractivity contribution >= 4 is 17.5 Å². The van der Waals surface area contributed by atoms with Gasteiger partial charge in [0.15, 0.2) is 0 Å². The lowest BCUT2D eigenvalue weighted by Crippen LogP contribution is -2.40. The molecular weight excluding hydrogens is 277 g/mol. The van der Waals surface area contributed by atoms with Crippen LogP contribution >= 0.6 is 11.6 Å². The summed E-state index contributed by atoms with van der Waals surface area (Å²) in [5.74, 6) is 1.13. The highest BCUT2D eigenvalue weighted by molar-refractivity contribution is 6.33. The molecular formula is C16H19ClFNO. The van der Waals surface area contributed by atoms with E-state index in [0.717, 1.165) is 11.8 Å². The topological polar surface area (TPSA) is 29.1 Å². The summed E-state index contributed by atoms with van der Waals surface area (Å²) in [6, 6.07) is 4.40. The van der Waals surface area contributed by atoms with Crippen LogP contribution in [0.4, 0.5) is 4.39 Å². The fourth-order valence-electron chi connectivity index (χ4n) is 4.01. The largest absolute Gasteiger partial charge is 0.349 e. The number of nitrogens with one attached hydrogen (secondary N) is 1. The highest BCUT2D eigenvalue weighted by atomic mass is 35.5. The number of hydrogen-bond acceptors (Lipinski definition) is 1. The van der Waals surface area contributed by atoms with Gasteiger partial charge in [0.05, 0.1) is 10.6 Å². The first kappa shape index (κ1) is 13.9. The second-order valence-electron chi connectivity index (χ2n) is 6.20. The molecule has 0 spiro atoms. The molecule has 2 fully saturated rings. The van der Waals surface area contributed by atoms with Gasteiger partial charge >= 0.3 is 0 Å². The fourth-order valence-corrected chi connectivity index (χ4v) is 4.26. The van der Waals surface area contributed by atoms with Crippen molar-refractivity contribution in [1.82, 2.24) is 5.32 Å². The van der Waals surface area contributed by atoms with Crippen molar-refractivity contribution in [3.63, 3.8) is 0 Å². The van der Waals surface area contributed by atoms with Gasteiger partial charge in [0.25, 0.3) is 5.91 Å². The van der Waals surface area contributed by atoms with Crippen molar-refractivity contribution in [3.05, 3.63) is 34.6 Å². The summed E-state index contributed by atoms with van der Waals surface area (Å²) in [5.41, 5.74) is -0.0378. The molecule has 2 aliphatic carbocycles. The predicted molar refractivity (Wildman–Crippen MR) is 77.3 cm³/mol. The Morgan fingerprint density at radius 3 is 2.80 bits per heavy atom. The molecule has 0 aliphatic heterocycles. The lowest BCUT2D eigenvalue weighted by Gasteiger charge is -2.28. The molecule has 2 bridgehead atoms. The van der Waals surface area contributed by atoms with E-state index in [4.69, 9.17) is 11.6 Å². The molecule has 1 aromatic rings. The minimum atomic E-state index is -0.560. The van der Waals surface area contributed by atoms with Crippen molar-refractivity contribution in [2.24, 2.45) is 17.8 Å². The molecule has 3 rings (SSSR count). The zero-order chi connectivity index (χ0) is 14.3. The summed E-state index contributed by atoms with van der Waals surface area (Å²) >= 11 is 5.93. The van der Waals surface area contributed by atoms with Crippen molar-refractivity contribution in [1.29, 1.82) is 0 Å². The summed E-state index contributed by atoms with van der Waals surface area (Å²) in [6.45, 7) is 2.03. The molecule has 4 unspecified atom stereocenters. The molecule has 1 aromatic carbocycles. The number of carbonyl (C=O) groups excluding carboxylic acids is 1. The highest BCUT2D eigenvalue weighted by Crippen LogP contribution is 2.49.